The van der Waals surface area contributed by atoms with E-state index in [1.165, 1.54) is 25.7 Å². The van der Waals surface area contributed by atoms with Crippen LogP contribution >= 0.6 is 0 Å². The van der Waals surface area contributed by atoms with Gasteiger partial charge >= 0.3 is 0 Å². The van der Waals surface area contributed by atoms with E-state index in [9.17, 15) is 8.42 Å². The van der Waals surface area contributed by atoms with Crippen LogP contribution in [0.5, 0.6) is 0 Å². The zero-order chi connectivity index (χ0) is 17.3. The van der Waals surface area contributed by atoms with Gasteiger partial charge in [-0.15, -0.1) is 0 Å². The van der Waals surface area contributed by atoms with Gasteiger partial charge in [0.2, 0.25) is 0 Å². The van der Waals surface area contributed by atoms with Gasteiger partial charge in [0.15, 0.2) is 21.6 Å². The van der Waals surface area contributed by atoms with Crippen molar-refractivity contribution >= 4 is 15.8 Å². The number of sulfone groups is 1. The summed E-state index contributed by atoms with van der Waals surface area (Å²) < 4.78 is 35.2. The largest absolute Gasteiger partial charge is 0.354 e. The van der Waals surface area contributed by atoms with Crippen molar-refractivity contribution in [1.82, 2.24) is 10.6 Å². The molecule has 2 heterocycles. The van der Waals surface area contributed by atoms with Crippen molar-refractivity contribution in [2.75, 3.05) is 31.2 Å². The summed E-state index contributed by atoms with van der Waals surface area (Å²) in [4.78, 5) is 4.64. The first kappa shape index (κ1) is 17.5. The third-order valence-electron chi connectivity index (χ3n) is 5.53. The molecule has 0 aromatic rings. The predicted octanol–water partition coefficient (Wildman–Crippen LogP) is 0.804. The van der Waals surface area contributed by atoms with E-state index in [1.54, 1.807) is 0 Å². The van der Waals surface area contributed by atoms with Crippen LogP contribution in [0, 0.1) is 5.92 Å². The number of nitrogens with one attached hydrogen (secondary N) is 2. The van der Waals surface area contributed by atoms with Crippen molar-refractivity contribution in [3.63, 3.8) is 0 Å². The standard InChI is InChI=1S/C17H29N3O4S/c21-25(22)8-5-13(12-25)9-18-16(20-14-3-4-14)19-10-15-11-23-17(24-15)6-1-2-7-17/h13-15H,1-12H2,(H2,18,19,20). The van der Waals surface area contributed by atoms with E-state index in [1.807, 2.05) is 0 Å². The fraction of sp³-hybridized carbons (Fsp3) is 0.941. The SMILES string of the molecule is O=S1(=O)CCC(CN=C(NCC2COC3(CCCC3)O2)NC2CC2)C1. The molecule has 4 aliphatic rings. The first-order chi connectivity index (χ1) is 12.0. The van der Waals surface area contributed by atoms with Gasteiger partial charge in [-0.25, -0.2) is 8.42 Å². The van der Waals surface area contributed by atoms with Crippen LogP contribution in [0.25, 0.3) is 0 Å². The van der Waals surface area contributed by atoms with E-state index in [4.69, 9.17) is 9.47 Å². The fourth-order valence-corrected chi connectivity index (χ4v) is 5.76. The zero-order valence-electron chi connectivity index (χ0n) is 14.7. The molecule has 1 spiro atoms. The van der Waals surface area contributed by atoms with Crippen LogP contribution in [0.2, 0.25) is 0 Å². The summed E-state index contributed by atoms with van der Waals surface area (Å²) in [7, 11) is -2.84. The number of rotatable bonds is 5. The van der Waals surface area contributed by atoms with Gasteiger partial charge < -0.3 is 20.1 Å². The van der Waals surface area contributed by atoms with Crippen LogP contribution in [0.3, 0.4) is 0 Å². The second-order valence-corrected chi connectivity index (χ2v) is 10.2. The maximum atomic E-state index is 11.6. The van der Waals surface area contributed by atoms with E-state index >= 15 is 0 Å². The van der Waals surface area contributed by atoms with Crippen molar-refractivity contribution < 1.29 is 17.9 Å². The normalized spacial score (nSPS) is 33.8. The highest BCUT2D eigenvalue weighted by Crippen LogP contribution is 2.39. The average Bonchev–Trinajstić information content (AvgIpc) is 2.98. The Morgan fingerprint density at radius 2 is 2.00 bits per heavy atom. The summed E-state index contributed by atoms with van der Waals surface area (Å²) in [5, 5.41) is 6.78. The molecule has 7 nitrogen and oxygen atoms in total. The van der Waals surface area contributed by atoms with Gasteiger partial charge in [-0.2, -0.15) is 0 Å². The topological polar surface area (TPSA) is 89.0 Å². The molecule has 0 radical (unpaired) electrons. The molecular formula is C17H29N3O4S. The van der Waals surface area contributed by atoms with E-state index in [2.05, 4.69) is 15.6 Å². The molecule has 142 valence electrons. The van der Waals surface area contributed by atoms with Crippen molar-refractivity contribution in [3.8, 4) is 0 Å². The number of guanidine groups is 1. The molecule has 4 fully saturated rings. The minimum Gasteiger partial charge on any atom is -0.354 e. The molecule has 0 bridgehead atoms. The Bertz CT molecular complexity index is 611. The van der Waals surface area contributed by atoms with E-state index < -0.39 is 9.84 Å². The Hall–Kier alpha value is -0.860. The van der Waals surface area contributed by atoms with Gasteiger partial charge in [0, 0.05) is 32.0 Å². The lowest BCUT2D eigenvalue weighted by Gasteiger charge is -2.22. The van der Waals surface area contributed by atoms with Gasteiger partial charge in [-0.1, -0.05) is 0 Å². The first-order valence-electron chi connectivity index (χ1n) is 9.59. The lowest BCUT2D eigenvalue weighted by molar-refractivity contribution is -0.160. The number of aliphatic imine (C=N–C) groups is 1. The first-order valence-corrected chi connectivity index (χ1v) is 11.4. The van der Waals surface area contributed by atoms with Crippen LogP contribution in [-0.4, -0.2) is 63.5 Å². The molecule has 25 heavy (non-hydrogen) atoms. The third kappa shape index (κ3) is 4.65. The highest BCUT2D eigenvalue weighted by Gasteiger charge is 2.43. The van der Waals surface area contributed by atoms with E-state index in [0.29, 0.717) is 31.5 Å². The molecule has 2 aliphatic carbocycles. The van der Waals surface area contributed by atoms with Crippen LogP contribution in [-0.2, 0) is 19.3 Å². The molecule has 2 saturated carbocycles. The summed E-state index contributed by atoms with van der Waals surface area (Å²) >= 11 is 0. The van der Waals surface area contributed by atoms with E-state index in [-0.39, 0.29) is 23.6 Å². The van der Waals surface area contributed by atoms with Gasteiger partial charge in [-0.3, -0.25) is 4.99 Å². The molecule has 2 atom stereocenters. The third-order valence-corrected chi connectivity index (χ3v) is 7.37. The molecule has 8 heteroatoms. The monoisotopic (exact) mass is 371 g/mol. The van der Waals surface area contributed by atoms with Gasteiger partial charge in [0.1, 0.15) is 6.10 Å². The average molecular weight is 372 g/mol. The molecule has 2 unspecified atom stereocenters. The summed E-state index contributed by atoms with van der Waals surface area (Å²) in [6, 6.07) is 0.500. The number of nitrogens with zero attached hydrogens (tertiary/aromatic N) is 1. The smallest absolute Gasteiger partial charge is 0.191 e. The Kier molecular flexibility index (Phi) is 4.94. The quantitative estimate of drug-likeness (QED) is 0.549. The highest BCUT2D eigenvalue weighted by molar-refractivity contribution is 7.91. The number of hydrogen-bond donors (Lipinski definition) is 2. The number of hydrogen-bond acceptors (Lipinski definition) is 5. The Morgan fingerprint density at radius 1 is 1.20 bits per heavy atom. The Morgan fingerprint density at radius 3 is 2.68 bits per heavy atom. The van der Waals surface area contributed by atoms with Crippen molar-refractivity contribution in [2.45, 2.75) is 62.9 Å². The van der Waals surface area contributed by atoms with Crippen LogP contribution in [0.4, 0.5) is 0 Å². The summed E-state index contributed by atoms with van der Waals surface area (Å²) in [5.74, 6) is 1.18. The minimum absolute atomic E-state index is 0.0520. The van der Waals surface area contributed by atoms with Gasteiger partial charge in [-0.05, 0) is 38.0 Å². The Labute approximate surface area is 149 Å². The predicted molar refractivity (Wildman–Crippen MR) is 95.2 cm³/mol. The lowest BCUT2D eigenvalue weighted by atomic mass is 10.1. The molecule has 0 aromatic carbocycles. The van der Waals surface area contributed by atoms with Crippen molar-refractivity contribution in [3.05, 3.63) is 0 Å². The molecule has 0 aromatic heterocycles. The minimum atomic E-state index is -2.84. The molecule has 2 aliphatic heterocycles. The summed E-state index contributed by atoms with van der Waals surface area (Å²) in [6.45, 7) is 1.86. The summed E-state index contributed by atoms with van der Waals surface area (Å²) in [6.07, 6.45) is 7.49. The van der Waals surface area contributed by atoms with Crippen molar-refractivity contribution in [1.29, 1.82) is 0 Å². The van der Waals surface area contributed by atoms with Gasteiger partial charge in [0.05, 0.1) is 18.1 Å². The second kappa shape index (κ2) is 7.04. The van der Waals surface area contributed by atoms with Gasteiger partial charge in [0.25, 0.3) is 0 Å². The zero-order valence-corrected chi connectivity index (χ0v) is 15.5. The van der Waals surface area contributed by atoms with E-state index in [0.717, 1.165) is 25.2 Å². The van der Waals surface area contributed by atoms with Crippen molar-refractivity contribution in [2.24, 2.45) is 10.9 Å². The highest BCUT2D eigenvalue weighted by atomic mass is 32.2. The molecule has 2 N–H and O–H groups in total. The molecule has 0 amide bonds. The number of ether oxygens (including phenoxy) is 2. The lowest BCUT2D eigenvalue weighted by Crippen LogP contribution is -2.43. The molecule has 2 saturated heterocycles. The molecule has 4 rings (SSSR count). The van der Waals surface area contributed by atoms with Crippen LogP contribution in [0.15, 0.2) is 4.99 Å². The Balaban J connectivity index is 1.28. The maximum Gasteiger partial charge on any atom is 0.191 e. The van der Waals surface area contributed by atoms with Crippen LogP contribution in [0.1, 0.15) is 44.9 Å². The summed E-state index contributed by atoms with van der Waals surface area (Å²) in [5.41, 5.74) is 0. The fourth-order valence-electron chi connectivity index (χ4n) is 3.91. The second-order valence-electron chi connectivity index (χ2n) is 7.93. The maximum absolute atomic E-state index is 11.6. The van der Waals surface area contributed by atoms with Crippen LogP contribution < -0.4 is 10.6 Å². The molecular weight excluding hydrogens is 342 g/mol.